The van der Waals surface area contributed by atoms with Crippen LogP contribution in [0.5, 0.6) is 11.5 Å². The highest BCUT2D eigenvalue weighted by molar-refractivity contribution is 6.17. The highest BCUT2D eigenvalue weighted by atomic mass is 16.5. The van der Waals surface area contributed by atoms with Gasteiger partial charge in [0.05, 0.1) is 14.2 Å². The molecule has 192 valence electrons. The first-order valence-electron chi connectivity index (χ1n) is 13.0. The van der Waals surface area contributed by atoms with Crippen LogP contribution in [0.2, 0.25) is 0 Å². The van der Waals surface area contributed by atoms with E-state index < -0.39 is 5.94 Å². The van der Waals surface area contributed by atoms with Crippen LogP contribution in [0.1, 0.15) is 33.1 Å². The third-order valence-electron chi connectivity index (χ3n) is 7.01. The standard InChI is InChI=1S/C30H36BN3O3/c1-21(2)18-29(35)34(28-20-24(12-15-32-28)23-6-5-7-27(19-23)37-4)30(31)22-13-16-33(17-14-22)25-8-10-26(36-3)11-9-25/h5-12,15,19-22,30H,13-14,16-18H2,1-4H3. The molecule has 6 nitrogen and oxygen atoms in total. The minimum Gasteiger partial charge on any atom is -0.497 e. The quantitative estimate of drug-likeness (QED) is 0.363. The summed E-state index contributed by atoms with van der Waals surface area (Å²) < 4.78 is 10.7. The maximum Gasteiger partial charge on any atom is 0.227 e. The smallest absolute Gasteiger partial charge is 0.227 e. The van der Waals surface area contributed by atoms with Crippen LogP contribution in [0, 0.1) is 11.8 Å². The van der Waals surface area contributed by atoms with E-state index in [1.165, 1.54) is 5.69 Å². The molecule has 37 heavy (non-hydrogen) atoms. The van der Waals surface area contributed by atoms with E-state index in [-0.39, 0.29) is 17.7 Å². The molecule has 1 fully saturated rings. The van der Waals surface area contributed by atoms with Crippen molar-refractivity contribution in [2.24, 2.45) is 11.8 Å². The van der Waals surface area contributed by atoms with Crippen molar-refractivity contribution in [2.75, 3.05) is 37.1 Å². The zero-order valence-electron chi connectivity index (χ0n) is 22.3. The Morgan fingerprint density at radius 2 is 1.68 bits per heavy atom. The van der Waals surface area contributed by atoms with Crippen molar-refractivity contribution in [3.8, 4) is 22.6 Å². The Labute approximate surface area is 222 Å². The number of rotatable bonds is 9. The lowest BCUT2D eigenvalue weighted by atomic mass is 9.76. The zero-order chi connectivity index (χ0) is 26.4. The molecule has 0 spiro atoms. The number of nitrogens with zero attached hydrogens (tertiary/aromatic N) is 3. The number of amides is 1. The molecular weight excluding hydrogens is 461 g/mol. The molecule has 0 bridgehead atoms. The predicted octanol–water partition coefficient (Wildman–Crippen LogP) is 5.56. The number of piperidine rings is 1. The lowest BCUT2D eigenvalue weighted by Crippen LogP contribution is -2.49. The number of carbonyl (C=O) groups excluding carboxylic acids is 1. The monoisotopic (exact) mass is 497 g/mol. The molecule has 1 unspecified atom stereocenters. The van der Waals surface area contributed by atoms with Gasteiger partial charge in [-0.25, -0.2) is 4.98 Å². The van der Waals surface area contributed by atoms with Crippen molar-refractivity contribution in [2.45, 2.75) is 39.1 Å². The molecule has 7 heteroatoms. The van der Waals surface area contributed by atoms with Gasteiger partial charge in [0, 0.05) is 37.3 Å². The van der Waals surface area contributed by atoms with Gasteiger partial charge in [0.1, 0.15) is 25.2 Å². The second-order valence-corrected chi connectivity index (χ2v) is 10.0. The Morgan fingerprint density at radius 3 is 2.32 bits per heavy atom. The van der Waals surface area contributed by atoms with Crippen LogP contribution in [0.15, 0.2) is 66.9 Å². The molecule has 1 aliphatic rings. The fourth-order valence-electron chi connectivity index (χ4n) is 4.93. The number of hydrogen-bond acceptors (Lipinski definition) is 5. The van der Waals surface area contributed by atoms with E-state index in [0.29, 0.717) is 12.2 Å². The van der Waals surface area contributed by atoms with Gasteiger partial charge in [-0.05, 0) is 84.3 Å². The third kappa shape index (κ3) is 6.45. The van der Waals surface area contributed by atoms with E-state index in [4.69, 9.17) is 17.3 Å². The molecule has 0 saturated carbocycles. The Morgan fingerprint density at radius 1 is 1.00 bits per heavy atom. The molecule has 2 radical (unpaired) electrons. The minimum atomic E-state index is -0.447. The molecule has 1 atom stereocenters. The van der Waals surface area contributed by atoms with Gasteiger partial charge in [0.15, 0.2) is 0 Å². The summed E-state index contributed by atoms with van der Waals surface area (Å²) >= 11 is 0. The first-order chi connectivity index (χ1) is 17.9. The third-order valence-corrected chi connectivity index (χ3v) is 7.01. The van der Waals surface area contributed by atoms with Crippen molar-refractivity contribution in [1.82, 2.24) is 4.98 Å². The summed E-state index contributed by atoms with van der Waals surface area (Å²) in [7, 11) is 10.2. The zero-order valence-corrected chi connectivity index (χ0v) is 22.3. The lowest BCUT2D eigenvalue weighted by molar-refractivity contribution is -0.119. The summed E-state index contributed by atoms with van der Waals surface area (Å²) in [5.74, 6) is 2.19. The van der Waals surface area contributed by atoms with Crippen LogP contribution in [-0.2, 0) is 4.79 Å². The molecule has 0 aliphatic carbocycles. The van der Waals surface area contributed by atoms with Crippen LogP contribution in [0.3, 0.4) is 0 Å². The van der Waals surface area contributed by atoms with E-state index in [9.17, 15) is 4.79 Å². The second kappa shape index (κ2) is 12.2. The molecule has 1 amide bonds. The van der Waals surface area contributed by atoms with Gasteiger partial charge in [0.2, 0.25) is 5.91 Å². The van der Waals surface area contributed by atoms with Crippen molar-refractivity contribution in [1.29, 1.82) is 0 Å². The summed E-state index contributed by atoms with van der Waals surface area (Å²) in [6.45, 7) is 5.87. The lowest BCUT2D eigenvalue weighted by Gasteiger charge is -2.40. The Kier molecular flexibility index (Phi) is 8.75. The summed E-state index contributed by atoms with van der Waals surface area (Å²) in [6, 6.07) is 19.9. The van der Waals surface area contributed by atoms with Gasteiger partial charge in [0.25, 0.3) is 0 Å². The normalized spacial score (nSPS) is 14.9. The second-order valence-electron chi connectivity index (χ2n) is 10.0. The summed E-state index contributed by atoms with van der Waals surface area (Å²) in [5.41, 5.74) is 3.14. The number of aromatic nitrogens is 1. The van der Waals surface area contributed by atoms with Crippen molar-refractivity contribution >= 4 is 25.3 Å². The Bertz CT molecular complexity index is 1180. The van der Waals surface area contributed by atoms with Crippen molar-refractivity contribution < 1.29 is 14.3 Å². The highest BCUT2D eigenvalue weighted by Crippen LogP contribution is 2.32. The van der Waals surface area contributed by atoms with E-state index in [1.807, 2.05) is 48.5 Å². The molecule has 2 aromatic carbocycles. The maximum atomic E-state index is 13.5. The van der Waals surface area contributed by atoms with Crippen molar-refractivity contribution in [3.05, 3.63) is 66.9 Å². The average molecular weight is 497 g/mol. The highest BCUT2D eigenvalue weighted by Gasteiger charge is 2.32. The van der Waals surface area contributed by atoms with Crippen LogP contribution < -0.4 is 19.3 Å². The first-order valence-corrected chi connectivity index (χ1v) is 13.0. The maximum absolute atomic E-state index is 13.5. The van der Waals surface area contributed by atoms with Crippen LogP contribution in [0.4, 0.5) is 11.5 Å². The molecule has 1 aliphatic heterocycles. The average Bonchev–Trinajstić information content (AvgIpc) is 2.93. The summed E-state index contributed by atoms with van der Waals surface area (Å²) in [5, 5.41) is 0. The van der Waals surface area contributed by atoms with Gasteiger partial charge in [-0.3, -0.25) is 4.79 Å². The van der Waals surface area contributed by atoms with E-state index in [0.717, 1.165) is 48.6 Å². The van der Waals surface area contributed by atoms with E-state index in [2.05, 4.69) is 35.9 Å². The molecule has 3 aromatic rings. The van der Waals surface area contributed by atoms with Gasteiger partial charge >= 0.3 is 0 Å². The summed E-state index contributed by atoms with van der Waals surface area (Å²) in [6.07, 6.45) is 3.96. The van der Waals surface area contributed by atoms with Gasteiger partial charge < -0.3 is 19.3 Å². The minimum absolute atomic E-state index is 0.00961. The van der Waals surface area contributed by atoms with Crippen molar-refractivity contribution in [3.63, 3.8) is 0 Å². The van der Waals surface area contributed by atoms with Crippen LogP contribution in [-0.4, -0.2) is 52.0 Å². The fourth-order valence-corrected chi connectivity index (χ4v) is 4.93. The van der Waals surface area contributed by atoms with Crippen LogP contribution >= 0.6 is 0 Å². The summed E-state index contributed by atoms with van der Waals surface area (Å²) in [4.78, 5) is 22.2. The van der Waals surface area contributed by atoms with E-state index >= 15 is 0 Å². The Balaban J connectivity index is 1.55. The number of carbonyl (C=O) groups is 1. The number of anilines is 2. The first kappa shape index (κ1) is 26.6. The number of methoxy groups -OCH3 is 2. The van der Waals surface area contributed by atoms with Crippen LogP contribution in [0.25, 0.3) is 11.1 Å². The molecule has 1 saturated heterocycles. The largest absolute Gasteiger partial charge is 0.497 e. The number of ether oxygens (including phenoxy) is 2. The number of pyridine rings is 1. The molecule has 4 rings (SSSR count). The topological polar surface area (TPSA) is 54.9 Å². The molecule has 1 aromatic heterocycles. The number of benzene rings is 2. The van der Waals surface area contributed by atoms with E-state index in [1.54, 1.807) is 25.3 Å². The Hall–Kier alpha value is -3.48. The van der Waals surface area contributed by atoms with Gasteiger partial charge in [-0.2, -0.15) is 0 Å². The SMILES string of the molecule is [B]C(C1CCN(c2ccc(OC)cc2)CC1)N(C(=O)CC(C)C)c1cc(-c2cccc(OC)c2)ccn1. The molecular formula is C30H36BN3O3. The number of hydrogen-bond donors (Lipinski definition) is 0. The molecule has 2 heterocycles. The molecule has 0 N–H and O–H groups in total. The van der Waals surface area contributed by atoms with Gasteiger partial charge in [-0.15, -0.1) is 0 Å². The fraction of sp³-hybridized carbons (Fsp3) is 0.400. The van der Waals surface area contributed by atoms with Gasteiger partial charge in [-0.1, -0.05) is 26.0 Å². The predicted molar refractivity (Wildman–Crippen MR) is 151 cm³/mol.